The monoisotopic (exact) mass is 671 g/mol. The molecule has 1 saturated carbocycles. The molecule has 2 heterocycles. The number of nitrogens with zero attached hydrogens (tertiary/aromatic N) is 1. The van der Waals surface area contributed by atoms with Gasteiger partial charge < -0.3 is 31.4 Å². The van der Waals surface area contributed by atoms with Gasteiger partial charge in [0.25, 0.3) is 5.56 Å². The van der Waals surface area contributed by atoms with E-state index in [4.69, 9.17) is 15.3 Å². The second-order valence-electron chi connectivity index (χ2n) is 13.0. The van der Waals surface area contributed by atoms with Crippen molar-refractivity contribution in [2.24, 2.45) is 34.1 Å². The van der Waals surface area contributed by atoms with Crippen LogP contribution in [0.2, 0.25) is 0 Å². The number of halogens is 3. The lowest BCUT2D eigenvalue weighted by molar-refractivity contribution is -0.133. The Hall–Kier alpha value is -4.10. The predicted molar refractivity (Wildman–Crippen MR) is 176 cm³/mol. The summed E-state index contributed by atoms with van der Waals surface area (Å²) in [6.07, 6.45) is -2.65. The number of hydrogen-bond acceptors (Lipinski definition) is 6. The van der Waals surface area contributed by atoms with Crippen LogP contribution >= 0.6 is 0 Å². The van der Waals surface area contributed by atoms with Crippen LogP contribution in [0.5, 0.6) is 5.75 Å². The molecule has 3 atom stereocenters. The number of hydrogen-bond donors (Lipinski definition) is 4. The number of aromatic amines is 1. The molecular weight excluding hydrogens is 619 g/mol. The normalized spacial score (nSPS) is 17.7. The first-order chi connectivity index (χ1) is 21.6. The molecule has 1 aliphatic heterocycles. The summed E-state index contributed by atoms with van der Waals surface area (Å²) in [5.41, 5.74) is 11.6. The van der Waals surface area contributed by atoms with E-state index in [0.717, 1.165) is 35.9 Å². The third-order valence-corrected chi connectivity index (χ3v) is 7.63. The highest BCUT2D eigenvalue weighted by molar-refractivity contribution is 5.84. The Morgan fingerprint density at radius 1 is 1.11 bits per heavy atom. The molecule has 11 nitrogen and oxygen atoms in total. The van der Waals surface area contributed by atoms with E-state index < -0.39 is 18.1 Å². The molecule has 3 unspecified atom stereocenters. The van der Waals surface area contributed by atoms with Gasteiger partial charge in [0.05, 0.1) is 7.11 Å². The summed E-state index contributed by atoms with van der Waals surface area (Å²) in [6.45, 7) is 19.1. The second kappa shape index (κ2) is 18.3. The fourth-order valence-electron chi connectivity index (χ4n) is 5.20. The number of aromatic nitrogens is 1. The van der Waals surface area contributed by atoms with Crippen LogP contribution in [0.1, 0.15) is 72.9 Å². The first kappa shape index (κ1) is 42.9. The van der Waals surface area contributed by atoms with Gasteiger partial charge in [-0.25, -0.2) is 0 Å². The van der Waals surface area contributed by atoms with Gasteiger partial charge in [-0.3, -0.25) is 24.0 Å². The summed E-state index contributed by atoms with van der Waals surface area (Å²) in [5, 5.41) is 3.07. The zero-order valence-electron chi connectivity index (χ0n) is 29.1. The quantitative estimate of drug-likeness (QED) is 0.320. The maximum atomic E-state index is 12.1. The minimum atomic E-state index is -4.00. The number of nitrogens with two attached hydrogens (primary N) is 2. The predicted octanol–water partition coefficient (Wildman–Crippen LogP) is 4.22. The van der Waals surface area contributed by atoms with Gasteiger partial charge in [0.2, 0.25) is 24.6 Å². The van der Waals surface area contributed by atoms with E-state index >= 15 is 0 Å². The van der Waals surface area contributed by atoms with Gasteiger partial charge in [-0.1, -0.05) is 48.5 Å². The number of ether oxygens (including phenoxy) is 1. The first-order valence-electron chi connectivity index (χ1n) is 15.3. The molecule has 1 aliphatic carbocycles. The number of fused-ring (bicyclic) bond motifs is 2. The highest BCUT2D eigenvalue weighted by Gasteiger charge is 2.62. The molecule has 0 spiro atoms. The SMILES string of the molecule is CC.CC(C)(C)CC(=O)N1CC2C(C1)C2(C)C.CC(F)(F)F.COc1cc2cc(CC(NC=O)C(N)=O)c(=O)[nH]c2cc1C.NC=O. The van der Waals surface area contributed by atoms with Crippen LogP contribution in [0.3, 0.4) is 0 Å². The number of aryl methyl sites for hydroxylation is 1. The second-order valence-corrected chi connectivity index (χ2v) is 13.0. The molecule has 1 aromatic heterocycles. The van der Waals surface area contributed by atoms with E-state index in [1.54, 1.807) is 19.2 Å². The minimum Gasteiger partial charge on any atom is -0.496 e. The maximum absolute atomic E-state index is 12.1. The van der Waals surface area contributed by atoms with Crippen molar-refractivity contribution in [2.45, 2.75) is 87.4 Å². The molecule has 4 amide bonds. The number of alkyl halides is 3. The number of carbonyl (C=O) groups excluding carboxylic acids is 4. The van der Waals surface area contributed by atoms with Crippen molar-refractivity contribution in [3.05, 3.63) is 39.7 Å². The molecule has 47 heavy (non-hydrogen) atoms. The fourth-order valence-corrected chi connectivity index (χ4v) is 5.20. The lowest BCUT2D eigenvalue weighted by atomic mass is 9.91. The van der Waals surface area contributed by atoms with Crippen LogP contribution in [0, 0.1) is 29.6 Å². The summed E-state index contributed by atoms with van der Waals surface area (Å²) in [6, 6.07) is 4.35. The molecule has 2 fully saturated rings. The molecule has 266 valence electrons. The van der Waals surface area contributed by atoms with Crippen molar-refractivity contribution >= 4 is 35.5 Å². The topological polar surface area (TPSA) is 178 Å². The maximum Gasteiger partial charge on any atom is 0.386 e. The number of nitrogens with one attached hydrogen (secondary N) is 2. The number of pyridine rings is 1. The van der Waals surface area contributed by atoms with E-state index in [0.29, 0.717) is 41.0 Å². The van der Waals surface area contributed by atoms with Crippen LogP contribution in [-0.2, 0) is 25.6 Å². The highest BCUT2D eigenvalue weighted by atomic mass is 19.4. The van der Waals surface area contributed by atoms with E-state index in [9.17, 15) is 32.3 Å². The molecule has 1 saturated heterocycles. The average Bonchev–Trinajstić information content (AvgIpc) is 3.24. The average molecular weight is 672 g/mol. The largest absolute Gasteiger partial charge is 0.496 e. The molecule has 2 aromatic rings. The number of amides is 4. The van der Waals surface area contributed by atoms with Gasteiger partial charge in [0.1, 0.15) is 11.8 Å². The summed E-state index contributed by atoms with van der Waals surface area (Å²) in [5.74, 6) is 1.91. The summed E-state index contributed by atoms with van der Waals surface area (Å²) < 4.78 is 36.3. The van der Waals surface area contributed by atoms with Gasteiger partial charge in [0, 0.05) is 49.3 Å². The number of likely N-dealkylation sites (tertiary alicyclic amines) is 1. The molecule has 4 rings (SSSR count). The number of carbonyl (C=O) groups is 4. The molecular formula is C33H52F3N5O6. The fraction of sp³-hybridized carbons (Fsp3) is 0.606. The lowest BCUT2D eigenvalue weighted by Gasteiger charge is -2.26. The number of piperidine rings is 1. The number of rotatable bonds is 7. The van der Waals surface area contributed by atoms with Crippen LogP contribution in [0.15, 0.2) is 23.0 Å². The molecule has 0 radical (unpaired) electrons. The minimum absolute atomic E-state index is 0.0234. The molecule has 0 bridgehead atoms. The van der Waals surface area contributed by atoms with Gasteiger partial charge in [0.15, 0.2) is 0 Å². The summed E-state index contributed by atoms with van der Waals surface area (Å²) >= 11 is 0. The molecule has 2 aliphatic rings. The Balaban J connectivity index is 0.000000728. The van der Waals surface area contributed by atoms with Crippen molar-refractivity contribution in [1.82, 2.24) is 15.2 Å². The van der Waals surface area contributed by atoms with Crippen LogP contribution < -0.4 is 27.1 Å². The first-order valence-corrected chi connectivity index (χ1v) is 15.3. The molecule has 1 aromatic carbocycles. The van der Waals surface area contributed by atoms with Crippen molar-refractivity contribution < 1.29 is 37.1 Å². The zero-order valence-corrected chi connectivity index (χ0v) is 29.1. The molecule has 14 heteroatoms. The molecule has 6 N–H and O–H groups in total. The van der Waals surface area contributed by atoms with E-state index in [1.807, 2.05) is 26.8 Å². The summed E-state index contributed by atoms with van der Waals surface area (Å²) in [4.78, 5) is 59.3. The van der Waals surface area contributed by atoms with Gasteiger partial charge in [-0.05, 0) is 53.4 Å². The Bertz CT molecular complexity index is 1380. The standard InChI is InChI=1S/C15H17N3O4.C13H23NO.C2H3F3.C2H6.CH3NO/c1-8-3-11-9(6-13(8)22-2)4-10(15(21)18-11)5-12(14(16)20)17-7-19;1-12(2,3)6-11(15)14-7-9-10(8-14)13(9,4)5;1-2(3,4)5;1-2;2-1-3/h3-4,6-7,12H,5H2,1-2H3,(H2,16,20)(H,17,19)(H,18,21);9-10H,6-8H2,1-5H3;1H3;1-2H3;1H,(H2,2,3). The van der Waals surface area contributed by atoms with Gasteiger partial charge >= 0.3 is 6.18 Å². The lowest BCUT2D eigenvalue weighted by Crippen LogP contribution is -2.43. The van der Waals surface area contributed by atoms with Gasteiger partial charge in [-0.2, -0.15) is 13.2 Å². The zero-order chi connectivity index (χ0) is 36.9. The third kappa shape index (κ3) is 14.5. The van der Waals surface area contributed by atoms with E-state index in [-0.39, 0.29) is 30.7 Å². The van der Waals surface area contributed by atoms with Crippen molar-refractivity contribution in [2.75, 3.05) is 20.2 Å². The van der Waals surface area contributed by atoms with Crippen molar-refractivity contribution in [3.63, 3.8) is 0 Å². The highest BCUT2D eigenvalue weighted by Crippen LogP contribution is 2.62. The van der Waals surface area contributed by atoms with Crippen LogP contribution in [0.25, 0.3) is 10.9 Å². The number of primary amides is 2. The smallest absolute Gasteiger partial charge is 0.386 e. The number of benzene rings is 1. The Morgan fingerprint density at radius 2 is 1.60 bits per heavy atom. The van der Waals surface area contributed by atoms with E-state index in [2.05, 4.69) is 55.6 Å². The van der Waals surface area contributed by atoms with Crippen LogP contribution in [-0.4, -0.2) is 66.9 Å². The van der Waals surface area contributed by atoms with E-state index in [1.165, 1.54) is 0 Å². The van der Waals surface area contributed by atoms with Gasteiger partial charge in [-0.15, -0.1) is 0 Å². The van der Waals surface area contributed by atoms with Crippen molar-refractivity contribution in [1.29, 1.82) is 0 Å². The number of H-pyrrole nitrogens is 1. The number of methoxy groups -OCH3 is 1. The Morgan fingerprint density at radius 3 is 2.00 bits per heavy atom. The van der Waals surface area contributed by atoms with Crippen molar-refractivity contribution in [3.8, 4) is 5.75 Å². The third-order valence-electron chi connectivity index (χ3n) is 7.63. The summed E-state index contributed by atoms with van der Waals surface area (Å²) in [7, 11) is 1.57. The van der Waals surface area contributed by atoms with Crippen LogP contribution in [0.4, 0.5) is 13.2 Å². The Kier molecular flexibility index (Phi) is 16.7. The Labute approximate surface area is 275 Å².